The number of likely N-dealkylation sites (N-methyl/N-ethyl adjacent to an activating group) is 1. The molecule has 0 spiro atoms. The zero-order chi connectivity index (χ0) is 17.5. The molecule has 134 valence electrons. The molecule has 25 heavy (non-hydrogen) atoms. The normalized spacial score (nSPS) is 17.2. The van der Waals surface area contributed by atoms with E-state index in [-0.39, 0.29) is 12.1 Å². The van der Waals surface area contributed by atoms with Gasteiger partial charge in [0.05, 0.1) is 12.6 Å². The van der Waals surface area contributed by atoms with Crippen molar-refractivity contribution >= 4 is 6.03 Å². The molecule has 1 aliphatic rings. The number of hydrogen-bond acceptors (Lipinski definition) is 5. The van der Waals surface area contributed by atoms with Gasteiger partial charge in [0.15, 0.2) is 0 Å². The van der Waals surface area contributed by atoms with Crippen LogP contribution in [0.5, 0.6) is 0 Å². The summed E-state index contributed by atoms with van der Waals surface area (Å²) in [5.74, 6) is 0. The summed E-state index contributed by atoms with van der Waals surface area (Å²) in [6, 6.07) is 11.6. The monoisotopic (exact) mass is 343 g/mol. The summed E-state index contributed by atoms with van der Waals surface area (Å²) >= 11 is 0. The van der Waals surface area contributed by atoms with Crippen molar-refractivity contribution in [1.29, 1.82) is 0 Å². The van der Waals surface area contributed by atoms with Gasteiger partial charge in [0.25, 0.3) is 0 Å². The standard InChI is InChI=1S/C18H25N5O2/c1-22-8-10-23(11-9-22)14-17(15-5-3-2-4-6-15)20-18(24)19-13-16-7-12-25-21-16/h2-7,12,17H,8-11,13-14H2,1H3,(H2,19,20,24)/t17-/m1/s1. The van der Waals surface area contributed by atoms with E-state index in [1.807, 2.05) is 18.2 Å². The molecule has 3 rings (SSSR count). The lowest BCUT2D eigenvalue weighted by atomic mass is 10.1. The van der Waals surface area contributed by atoms with Crippen LogP contribution < -0.4 is 10.6 Å². The Balaban J connectivity index is 1.59. The van der Waals surface area contributed by atoms with Crippen LogP contribution in [-0.2, 0) is 6.54 Å². The van der Waals surface area contributed by atoms with Crippen LogP contribution >= 0.6 is 0 Å². The number of carbonyl (C=O) groups is 1. The van der Waals surface area contributed by atoms with Crippen LogP contribution in [0.2, 0.25) is 0 Å². The first-order chi connectivity index (χ1) is 12.2. The van der Waals surface area contributed by atoms with Crippen LogP contribution in [0.1, 0.15) is 17.3 Å². The fraction of sp³-hybridized carbons (Fsp3) is 0.444. The molecular formula is C18H25N5O2. The third kappa shape index (κ3) is 5.30. The summed E-state index contributed by atoms with van der Waals surface area (Å²) in [5, 5.41) is 9.72. The van der Waals surface area contributed by atoms with Gasteiger partial charge in [0.1, 0.15) is 12.0 Å². The zero-order valence-electron chi connectivity index (χ0n) is 14.5. The molecule has 1 aliphatic heterocycles. The predicted octanol–water partition coefficient (Wildman–Crippen LogP) is 1.46. The average molecular weight is 343 g/mol. The van der Waals surface area contributed by atoms with E-state index < -0.39 is 0 Å². The van der Waals surface area contributed by atoms with Crippen molar-refractivity contribution in [2.45, 2.75) is 12.6 Å². The molecule has 1 atom stereocenters. The number of nitrogens with zero attached hydrogens (tertiary/aromatic N) is 3. The van der Waals surface area contributed by atoms with Gasteiger partial charge >= 0.3 is 6.03 Å². The van der Waals surface area contributed by atoms with Gasteiger partial charge in [-0.25, -0.2) is 4.79 Å². The summed E-state index contributed by atoms with van der Waals surface area (Å²) in [5.41, 5.74) is 1.81. The Bertz CT molecular complexity index is 639. The number of nitrogens with one attached hydrogen (secondary N) is 2. The molecule has 1 saturated heterocycles. The smallest absolute Gasteiger partial charge is 0.315 e. The first-order valence-corrected chi connectivity index (χ1v) is 8.60. The maximum atomic E-state index is 12.3. The summed E-state index contributed by atoms with van der Waals surface area (Å²) in [4.78, 5) is 17.0. The molecular weight excluding hydrogens is 318 g/mol. The Morgan fingerprint density at radius 1 is 1.20 bits per heavy atom. The summed E-state index contributed by atoms with van der Waals surface area (Å²) < 4.78 is 4.77. The number of hydrogen-bond donors (Lipinski definition) is 2. The van der Waals surface area contributed by atoms with E-state index in [4.69, 9.17) is 4.52 Å². The molecule has 1 aromatic carbocycles. The van der Waals surface area contributed by atoms with Crippen LogP contribution in [0.4, 0.5) is 4.79 Å². The number of aromatic nitrogens is 1. The van der Waals surface area contributed by atoms with E-state index in [2.05, 4.69) is 44.8 Å². The van der Waals surface area contributed by atoms with E-state index in [0.29, 0.717) is 12.2 Å². The van der Waals surface area contributed by atoms with Crippen molar-refractivity contribution in [3.63, 3.8) is 0 Å². The predicted molar refractivity (Wildman–Crippen MR) is 95.0 cm³/mol. The van der Waals surface area contributed by atoms with Gasteiger partial charge in [0, 0.05) is 38.8 Å². The Labute approximate surface area is 148 Å². The van der Waals surface area contributed by atoms with Crippen molar-refractivity contribution in [2.24, 2.45) is 0 Å². The highest BCUT2D eigenvalue weighted by Crippen LogP contribution is 2.15. The van der Waals surface area contributed by atoms with Gasteiger partial charge in [0.2, 0.25) is 0 Å². The van der Waals surface area contributed by atoms with Crippen molar-refractivity contribution < 1.29 is 9.32 Å². The molecule has 0 saturated carbocycles. The van der Waals surface area contributed by atoms with Crippen molar-refractivity contribution in [2.75, 3.05) is 39.8 Å². The first kappa shape index (κ1) is 17.4. The van der Waals surface area contributed by atoms with Gasteiger partial charge in [-0.15, -0.1) is 0 Å². The minimum absolute atomic E-state index is 0.0538. The Hall–Kier alpha value is -2.38. The minimum Gasteiger partial charge on any atom is -0.364 e. The molecule has 2 amide bonds. The second-order valence-corrected chi connectivity index (χ2v) is 6.38. The quantitative estimate of drug-likeness (QED) is 0.831. The molecule has 2 aromatic rings. The highest BCUT2D eigenvalue weighted by atomic mass is 16.5. The summed E-state index contributed by atoms with van der Waals surface area (Å²) in [6.07, 6.45) is 1.50. The lowest BCUT2D eigenvalue weighted by Crippen LogP contribution is -2.48. The van der Waals surface area contributed by atoms with E-state index in [9.17, 15) is 4.79 Å². The Kier molecular flexibility index (Phi) is 6.03. The number of amides is 2. The van der Waals surface area contributed by atoms with Crippen molar-refractivity contribution in [1.82, 2.24) is 25.6 Å². The first-order valence-electron chi connectivity index (χ1n) is 8.60. The minimum atomic E-state index is -0.203. The highest BCUT2D eigenvalue weighted by Gasteiger charge is 2.21. The van der Waals surface area contributed by atoms with E-state index >= 15 is 0 Å². The molecule has 7 nitrogen and oxygen atoms in total. The zero-order valence-corrected chi connectivity index (χ0v) is 14.5. The van der Waals surface area contributed by atoms with Gasteiger partial charge in [-0.3, -0.25) is 4.90 Å². The number of urea groups is 1. The average Bonchev–Trinajstić information content (AvgIpc) is 3.16. The molecule has 0 bridgehead atoms. The highest BCUT2D eigenvalue weighted by molar-refractivity contribution is 5.74. The van der Waals surface area contributed by atoms with Crippen LogP contribution in [-0.4, -0.2) is 60.8 Å². The van der Waals surface area contributed by atoms with Crippen molar-refractivity contribution in [3.05, 3.63) is 53.9 Å². The number of benzene rings is 1. The second kappa shape index (κ2) is 8.64. The molecule has 1 fully saturated rings. The third-order valence-corrected chi connectivity index (χ3v) is 4.47. The number of rotatable bonds is 6. The maximum absolute atomic E-state index is 12.3. The fourth-order valence-electron chi connectivity index (χ4n) is 2.92. The lowest BCUT2D eigenvalue weighted by Gasteiger charge is -2.35. The molecule has 1 aromatic heterocycles. The summed E-state index contributed by atoms with van der Waals surface area (Å²) in [7, 11) is 2.14. The van der Waals surface area contributed by atoms with Gasteiger partial charge < -0.3 is 20.1 Å². The largest absolute Gasteiger partial charge is 0.364 e. The molecule has 0 aliphatic carbocycles. The van der Waals surface area contributed by atoms with E-state index in [1.54, 1.807) is 6.07 Å². The Morgan fingerprint density at radius 2 is 1.96 bits per heavy atom. The second-order valence-electron chi connectivity index (χ2n) is 6.38. The number of piperazine rings is 1. The van der Waals surface area contributed by atoms with Crippen LogP contribution in [0.3, 0.4) is 0 Å². The third-order valence-electron chi connectivity index (χ3n) is 4.47. The van der Waals surface area contributed by atoms with Gasteiger partial charge in [-0.2, -0.15) is 0 Å². The van der Waals surface area contributed by atoms with Crippen LogP contribution in [0.25, 0.3) is 0 Å². The molecule has 2 heterocycles. The van der Waals surface area contributed by atoms with Crippen LogP contribution in [0, 0.1) is 0 Å². The topological polar surface area (TPSA) is 73.6 Å². The number of carbonyl (C=O) groups excluding carboxylic acids is 1. The van der Waals surface area contributed by atoms with E-state index in [0.717, 1.165) is 38.3 Å². The SMILES string of the molecule is CN1CCN(C[C@@H](NC(=O)NCc2ccon2)c2ccccc2)CC1. The Morgan fingerprint density at radius 3 is 2.64 bits per heavy atom. The van der Waals surface area contributed by atoms with Crippen LogP contribution in [0.15, 0.2) is 47.2 Å². The molecule has 0 unspecified atom stereocenters. The molecule has 2 N–H and O–H groups in total. The summed E-state index contributed by atoms with van der Waals surface area (Å²) in [6.45, 7) is 5.29. The fourth-order valence-corrected chi connectivity index (χ4v) is 2.92. The molecule has 0 radical (unpaired) electrons. The van der Waals surface area contributed by atoms with Gasteiger partial charge in [-0.05, 0) is 12.6 Å². The van der Waals surface area contributed by atoms with Crippen molar-refractivity contribution in [3.8, 4) is 0 Å². The van der Waals surface area contributed by atoms with Gasteiger partial charge in [-0.1, -0.05) is 35.5 Å². The maximum Gasteiger partial charge on any atom is 0.315 e. The van der Waals surface area contributed by atoms with E-state index in [1.165, 1.54) is 6.26 Å². The lowest BCUT2D eigenvalue weighted by molar-refractivity contribution is 0.142. The molecule has 7 heteroatoms.